The monoisotopic (exact) mass is 396 g/mol. The number of alkyl halides is 3. The summed E-state index contributed by atoms with van der Waals surface area (Å²) >= 11 is 0. The van der Waals surface area contributed by atoms with E-state index in [4.69, 9.17) is 0 Å². The van der Waals surface area contributed by atoms with Gasteiger partial charge in [0.15, 0.2) is 5.82 Å². The van der Waals surface area contributed by atoms with Crippen molar-refractivity contribution < 1.29 is 18.0 Å². The summed E-state index contributed by atoms with van der Waals surface area (Å²) in [5.41, 5.74) is 0.925. The molecule has 4 aliphatic rings. The molecule has 4 atom stereocenters. The molecule has 0 saturated carbocycles. The van der Waals surface area contributed by atoms with Gasteiger partial charge in [-0.3, -0.25) is 0 Å². The summed E-state index contributed by atoms with van der Waals surface area (Å²) in [6.45, 7) is 3.70. The van der Waals surface area contributed by atoms with E-state index in [0.29, 0.717) is 18.9 Å². The molecule has 10 heteroatoms. The lowest BCUT2D eigenvalue weighted by Gasteiger charge is -2.29. The van der Waals surface area contributed by atoms with Gasteiger partial charge in [0, 0.05) is 31.2 Å². The van der Waals surface area contributed by atoms with Crippen LogP contribution in [0.4, 0.5) is 23.8 Å². The molecule has 0 aromatic heterocycles. The number of likely N-dealkylation sites (tertiary alicyclic amines) is 1. The van der Waals surface area contributed by atoms with Crippen LogP contribution in [-0.4, -0.2) is 57.3 Å². The largest absolute Gasteiger partial charge is 0.405 e. The van der Waals surface area contributed by atoms with Crippen LogP contribution < -0.4 is 10.6 Å². The number of fused-ring (bicyclic) bond motifs is 3. The first-order chi connectivity index (χ1) is 13.3. The number of nitrogens with zero attached hydrogens (tertiary/aromatic N) is 4. The lowest BCUT2D eigenvalue weighted by atomic mass is 9.84. The van der Waals surface area contributed by atoms with E-state index in [-0.39, 0.29) is 23.9 Å². The first-order valence-corrected chi connectivity index (χ1v) is 9.46. The third-order valence-electron chi connectivity index (χ3n) is 5.85. The van der Waals surface area contributed by atoms with Crippen LogP contribution in [0.25, 0.3) is 11.5 Å². The van der Waals surface area contributed by atoms with Crippen LogP contribution in [0, 0.1) is 11.8 Å². The average molecular weight is 396 g/mol. The van der Waals surface area contributed by atoms with E-state index in [2.05, 4.69) is 33.7 Å². The highest BCUT2D eigenvalue weighted by molar-refractivity contribution is 5.74. The van der Waals surface area contributed by atoms with E-state index in [1.807, 2.05) is 11.4 Å². The molecule has 4 aliphatic heterocycles. The van der Waals surface area contributed by atoms with Gasteiger partial charge in [0.2, 0.25) is 0 Å². The number of rotatable bonds is 3. The summed E-state index contributed by atoms with van der Waals surface area (Å²) < 4.78 is 39.5. The van der Waals surface area contributed by atoms with Crippen LogP contribution in [0.2, 0.25) is 0 Å². The second-order valence-corrected chi connectivity index (χ2v) is 7.60. The minimum absolute atomic E-state index is 0.0649. The SMILES string of the molecule is CC[C@@H]1CN(C(=O)NCC(F)(F)F)C[C@@H]1C1C(C)Nc2cnc3nccc-3n21. The molecule has 0 spiro atoms. The molecule has 7 nitrogen and oxygen atoms in total. The van der Waals surface area contributed by atoms with Crippen molar-refractivity contribution in [2.45, 2.75) is 38.5 Å². The van der Waals surface area contributed by atoms with E-state index >= 15 is 0 Å². The van der Waals surface area contributed by atoms with Crippen molar-refractivity contribution >= 4 is 11.8 Å². The number of amides is 2. The maximum absolute atomic E-state index is 12.4. The highest BCUT2D eigenvalue weighted by atomic mass is 19.4. The molecule has 0 aliphatic carbocycles. The summed E-state index contributed by atoms with van der Waals surface area (Å²) in [4.78, 5) is 22.4. The number of urea groups is 1. The van der Waals surface area contributed by atoms with Gasteiger partial charge in [-0.25, -0.2) is 14.8 Å². The lowest BCUT2D eigenvalue weighted by Crippen LogP contribution is -2.43. The first-order valence-electron chi connectivity index (χ1n) is 9.46. The van der Waals surface area contributed by atoms with Crippen molar-refractivity contribution in [1.29, 1.82) is 0 Å². The van der Waals surface area contributed by atoms with Crippen LogP contribution in [0.3, 0.4) is 0 Å². The van der Waals surface area contributed by atoms with Gasteiger partial charge in [-0.2, -0.15) is 13.2 Å². The summed E-state index contributed by atoms with van der Waals surface area (Å²) in [6, 6.07) is 1.44. The maximum atomic E-state index is 12.4. The highest BCUT2D eigenvalue weighted by Gasteiger charge is 2.45. The molecule has 4 rings (SSSR count). The van der Waals surface area contributed by atoms with Crippen LogP contribution in [0.5, 0.6) is 0 Å². The van der Waals surface area contributed by atoms with E-state index in [9.17, 15) is 18.0 Å². The smallest absolute Gasteiger partial charge is 0.366 e. The van der Waals surface area contributed by atoms with Gasteiger partial charge in [-0.05, 0) is 18.9 Å². The van der Waals surface area contributed by atoms with E-state index < -0.39 is 18.8 Å². The summed E-state index contributed by atoms with van der Waals surface area (Å²) in [5.74, 6) is 1.88. The van der Waals surface area contributed by atoms with Crippen LogP contribution in [0.15, 0.2) is 18.5 Å². The number of hydrogen-bond acceptors (Lipinski definition) is 4. The van der Waals surface area contributed by atoms with Gasteiger partial charge in [-0.1, -0.05) is 13.3 Å². The Hall–Kier alpha value is -2.52. The molecule has 2 N–H and O–H groups in total. The normalized spacial score (nSPS) is 27.1. The van der Waals surface area contributed by atoms with Gasteiger partial charge >= 0.3 is 12.2 Å². The molecule has 152 valence electrons. The minimum Gasteiger partial charge on any atom is -0.366 e. The van der Waals surface area contributed by atoms with Crippen molar-refractivity contribution in [1.82, 2.24) is 24.8 Å². The van der Waals surface area contributed by atoms with Gasteiger partial charge < -0.3 is 20.1 Å². The van der Waals surface area contributed by atoms with Crippen molar-refractivity contribution in [3.05, 3.63) is 18.5 Å². The number of anilines is 1. The number of carbonyl (C=O) groups excluding carboxylic acids is 1. The Kier molecular flexibility index (Phi) is 4.59. The zero-order valence-corrected chi connectivity index (χ0v) is 15.7. The topological polar surface area (TPSA) is 75.1 Å². The Labute approximate surface area is 160 Å². The van der Waals surface area contributed by atoms with Crippen molar-refractivity contribution in [2.24, 2.45) is 11.8 Å². The van der Waals surface area contributed by atoms with E-state index in [1.54, 1.807) is 12.4 Å². The lowest BCUT2D eigenvalue weighted by molar-refractivity contribution is -0.123. The molecule has 4 heterocycles. The fourth-order valence-corrected chi connectivity index (χ4v) is 4.62. The quantitative estimate of drug-likeness (QED) is 0.837. The van der Waals surface area contributed by atoms with Crippen molar-refractivity contribution in [3.63, 3.8) is 0 Å². The summed E-state index contributed by atoms with van der Waals surface area (Å²) in [6.07, 6.45) is -0.0926. The Morgan fingerprint density at radius 1 is 1.36 bits per heavy atom. The van der Waals surface area contributed by atoms with Crippen LogP contribution in [-0.2, 0) is 0 Å². The summed E-state index contributed by atoms with van der Waals surface area (Å²) in [7, 11) is 0. The number of halogens is 3. The highest BCUT2D eigenvalue weighted by Crippen LogP contribution is 2.44. The van der Waals surface area contributed by atoms with Crippen LogP contribution >= 0.6 is 0 Å². The number of hydrogen-bond donors (Lipinski definition) is 2. The zero-order chi connectivity index (χ0) is 20.1. The van der Waals surface area contributed by atoms with Crippen molar-refractivity contribution in [2.75, 3.05) is 25.0 Å². The van der Waals surface area contributed by atoms with Gasteiger partial charge in [-0.15, -0.1) is 0 Å². The number of carbonyl (C=O) groups is 1. The summed E-state index contributed by atoms with van der Waals surface area (Å²) in [5, 5.41) is 5.44. The van der Waals surface area contributed by atoms with Gasteiger partial charge in [0.25, 0.3) is 0 Å². The Balaban J connectivity index is 1.58. The number of aromatic nitrogens is 3. The first kappa shape index (κ1) is 18.8. The average Bonchev–Trinajstić information content (AvgIpc) is 3.33. The zero-order valence-electron chi connectivity index (χ0n) is 15.7. The molecule has 2 amide bonds. The second-order valence-electron chi connectivity index (χ2n) is 7.60. The fourth-order valence-electron chi connectivity index (χ4n) is 4.62. The second kappa shape index (κ2) is 6.82. The third-order valence-corrected chi connectivity index (χ3v) is 5.85. The standard InChI is InChI=1S/C18H23F3N6O/c1-3-11-7-26(17(28)24-9-18(19,20)21)8-12(11)15-10(2)25-14-6-23-16-13(27(14)15)4-5-22-16/h4-6,10-12,15,25H,3,7-9H2,1-2H3,(H,24,28)/t10?,11-,12+,15?/m1/s1. The molecule has 0 aromatic rings. The van der Waals surface area contributed by atoms with E-state index in [0.717, 1.165) is 17.9 Å². The molecule has 0 bridgehead atoms. The van der Waals surface area contributed by atoms with E-state index in [1.165, 1.54) is 4.90 Å². The van der Waals surface area contributed by atoms with Crippen LogP contribution in [0.1, 0.15) is 26.3 Å². The molecule has 2 unspecified atom stereocenters. The van der Waals surface area contributed by atoms with Gasteiger partial charge in [0.1, 0.15) is 12.4 Å². The Morgan fingerprint density at radius 3 is 2.86 bits per heavy atom. The molecular formula is C18H23F3N6O. The Bertz CT molecular complexity index is 837. The Morgan fingerprint density at radius 2 is 2.14 bits per heavy atom. The predicted molar refractivity (Wildman–Crippen MR) is 97.1 cm³/mol. The van der Waals surface area contributed by atoms with Crippen molar-refractivity contribution in [3.8, 4) is 11.5 Å². The fraction of sp³-hybridized carbons (Fsp3) is 0.611. The molecular weight excluding hydrogens is 373 g/mol. The van der Waals surface area contributed by atoms with Gasteiger partial charge in [0.05, 0.1) is 17.9 Å². The minimum atomic E-state index is -4.42. The number of nitrogens with one attached hydrogen (secondary N) is 2. The predicted octanol–water partition coefficient (Wildman–Crippen LogP) is 2.97. The molecule has 28 heavy (non-hydrogen) atoms. The molecule has 1 saturated heterocycles. The third kappa shape index (κ3) is 3.24. The maximum Gasteiger partial charge on any atom is 0.405 e. The molecule has 1 fully saturated rings. The molecule has 0 aromatic carbocycles. The molecule has 0 radical (unpaired) electrons.